The van der Waals surface area contributed by atoms with Gasteiger partial charge in [0.1, 0.15) is 11.6 Å². The number of carbonyl (C=O) groups excluding carboxylic acids is 1. The molecule has 7 heteroatoms. The maximum atomic E-state index is 13.0. The number of nitrogens with one attached hydrogen (secondary N) is 1. The van der Waals surface area contributed by atoms with Gasteiger partial charge in [0.2, 0.25) is 0 Å². The molecular formula is C17H12BrFN2O2S. The first-order valence-corrected chi connectivity index (χ1v) is 8.68. The molecule has 0 aliphatic rings. The largest absolute Gasteiger partial charge is 0.483 e. The van der Waals surface area contributed by atoms with Gasteiger partial charge in [0.25, 0.3) is 5.91 Å². The molecule has 122 valence electrons. The summed E-state index contributed by atoms with van der Waals surface area (Å²) >= 11 is 4.53. The summed E-state index contributed by atoms with van der Waals surface area (Å²) in [7, 11) is 0. The van der Waals surface area contributed by atoms with Gasteiger partial charge in [-0.15, -0.1) is 11.3 Å². The van der Waals surface area contributed by atoms with Crippen molar-refractivity contribution in [2.75, 3.05) is 11.9 Å². The lowest BCUT2D eigenvalue weighted by Crippen LogP contribution is -2.20. The molecule has 4 nitrogen and oxygen atoms in total. The normalized spacial score (nSPS) is 10.4. The Kier molecular flexibility index (Phi) is 5.22. The van der Waals surface area contributed by atoms with E-state index in [0.717, 1.165) is 11.3 Å². The van der Waals surface area contributed by atoms with Gasteiger partial charge in [0, 0.05) is 10.9 Å². The zero-order chi connectivity index (χ0) is 16.9. The van der Waals surface area contributed by atoms with Gasteiger partial charge >= 0.3 is 0 Å². The quantitative estimate of drug-likeness (QED) is 0.666. The third-order valence-electron chi connectivity index (χ3n) is 3.07. The van der Waals surface area contributed by atoms with Crippen molar-refractivity contribution in [1.29, 1.82) is 0 Å². The second kappa shape index (κ2) is 7.55. The van der Waals surface area contributed by atoms with Crippen LogP contribution >= 0.6 is 27.3 Å². The number of amides is 1. The third kappa shape index (κ3) is 4.18. The van der Waals surface area contributed by atoms with Crippen LogP contribution in [0.2, 0.25) is 0 Å². The molecule has 3 aromatic rings. The minimum absolute atomic E-state index is 0.190. The van der Waals surface area contributed by atoms with Crippen molar-refractivity contribution in [2.45, 2.75) is 0 Å². The highest BCUT2D eigenvalue weighted by Gasteiger charge is 2.10. The van der Waals surface area contributed by atoms with E-state index in [0.29, 0.717) is 15.4 Å². The van der Waals surface area contributed by atoms with Crippen molar-refractivity contribution < 1.29 is 13.9 Å². The minimum Gasteiger partial charge on any atom is -0.483 e. The minimum atomic E-state index is -0.380. The van der Waals surface area contributed by atoms with Gasteiger partial charge in [-0.3, -0.25) is 10.1 Å². The zero-order valence-electron chi connectivity index (χ0n) is 12.3. The highest BCUT2D eigenvalue weighted by atomic mass is 79.9. The van der Waals surface area contributed by atoms with Crippen LogP contribution in [0.4, 0.5) is 9.52 Å². The predicted octanol–water partition coefficient (Wildman–Crippen LogP) is 4.73. The standard InChI is InChI=1S/C17H12BrFN2O2S/c18-13-8-12(19)6-7-15(13)23-9-16(22)21-17-20-14(10-24-17)11-4-2-1-3-5-11/h1-8,10H,9H2,(H,20,21,22). The highest BCUT2D eigenvalue weighted by Crippen LogP contribution is 2.26. The average Bonchev–Trinajstić information content (AvgIpc) is 3.03. The number of hydrogen-bond donors (Lipinski definition) is 1. The van der Waals surface area contributed by atoms with E-state index in [9.17, 15) is 9.18 Å². The number of anilines is 1. The maximum absolute atomic E-state index is 13.0. The first kappa shape index (κ1) is 16.6. The second-order valence-electron chi connectivity index (χ2n) is 4.82. The lowest BCUT2D eigenvalue weighted by atomic mass is 10.2. The van der Waals surface area contributed by atoms with Crippen molar-refractivity contribution in [3.63, 3.8) is 0 Å². The molecule has 0 radical (unpaired) electrons. The third-order valence-corrected chi connectivity index (χ3v) is 4.45. The van der Waals surface area contributed by atoms with E-state index in [4.69, 9.17) is 4.74 Å². The summed E-state index contributed by atoms with van der Waals surface area (Å²) in [5.41, 5.74) is 1.79. The van der Waals surface area contributed by atoms with Gasteiger partial charge in [-0.05, 0) is 34.1 Å². The first-order valence-electron chi connectivity index (χ1n) is 7.00. The lowest BCUT2D eigenvalue weighted by Gasteiger charge is -2.07. The van der Waals surface area contributed by atoms with Crippen LogP contribution in [0.3, 0.4) is 0 Å². The Morgan fingerprint density at radius 2 is 2.04 bits per heavy atom. The van der Waals surface area contributed by atoms with E-state index in [2.05, 4.69) is 26.2 Å². The molecular weight excluding hydrogens is 395 g/mol. The van der Waals surface area contributed by atoms with Crippen molar-refractivity contribution in [3.8, 4) is 17.0 Å². The highest BCUT2D eigenvalue weighted by molar-refractivity contribution is 9.10. The van der Waals surface area contributed by atoms with Crippen molar-refractivity contribution in [2.24, 2.45) is 0 Å². The molecule has 1 N–H and O–H groups in total. The van der Waals surface area contributed by atoms with Crippen molar-refractivity contribution in [1.82, 2.24) is 4.98 Å². The van der Waals surface area contributed by atoms with Crippen LogP contribution in [0.1, 0.15) is 0 Å². The number of carbonyl (C=O) groups is 1. The molecule has 0 spiro atoms. The van der Waals surface area contributed by atoms with Gasteiger partial charge in [-0.2, -0.15) is 0 Å². The van der Waals surface area contributed by atoms with E-state index in [1.807, 2.05) is 35.7 Å². The number of hydrogen-bond acceptors (Lipinski definition) is 4. The molecule has 0 atom stereocenters. The maximum Gasteiger partial charge on any atom is 0.264 e. The van der Waals surface area contributed by atoms with Crippen LogP contribution in [0.15, 0.2) is 58.4 Å². The summed E-state index contributed by atoms with van der Waals surface area (Å²) in [6.45, 7) is -0.190. The van der Waals surface area contributed by atoms with E-state index >= 15 is 0 Å². The number of thiazole rings is 1. The van der Waals surface area contributed by atoms with Gasteiger partial charge < -0.3 is 4.74 Å². The fourth-order valence-corrected chi connectivity index (χ4v) is 3.16. The average molecular weight is 407 g/mol. The lowest BCUT2D eigenvalue weighted by molar-refractivity contribution is -0.118. The molecule has 1 aromatic heterocycles. The molecule has 0 aliphatic heterocycles. The number of halogens is 2. The van der Waals surface area contributed by atoms with Gasteiger partial charge in [0.15, 0.2) is 11.7 Å². The Balaban J connectivity index is 1.58. The van der Waals surface area contributed by atoms with Crippen molar-refractivity contribution >= 4 is 38.3 Å². The Morgan fingerprint density at radius 3 is 2.79 bits per heavy atom. The predicted molar refractivity (Wildman–Crippen MR) is 95.8 cm³/mol. The molecule has 1 heterocycles. The smallest absolute Gasteiger partial charge is 0.264 e. The molecule has 2 aromatic carbocycles. The van der Waals surface area contributed by atoms with Crippen molar-refractivity contribution in [3.05, 3.63) is 64.2 Å². The van der Waals surface area contributed by atoms with Crippen LogP contribution in [-0.4, -0.2) is 17.5 Å². The van der Waals surface area contributed by atoms with Crippen LogP contribution in [-0.2, 0) is 4.79 Å². The first-order chi connectivity index (χ1) is 11.6. The van der Waals surface area contributed by atoms with E-state index < -0.39 is 0 Å². The summed E-state index contributed by atoms with van der Waals surface area (Å²) in [5, 5.41) is 5.07. The number of aromatic nitrogens is 1. The Hall–Kier alpha value is -2.25. The van der Waals surface area contributed by atoms with E-state index in [1.54, 1.807) is 0 Å². The molecule has 0 bridgehead atoms. The molecule has 0 saturated carbocycles. The van der Waals surface area contributed by atoms with Gasteiger partial charge in [0.05, 0.1) is 10.2 Å². The second-order valence-corrected chi connectivity index (χ2v) is 6.53. The topological polar surface area (TPSA) is 51.2 Å². The van der Waals surface area contributed by atoms with E-state index in [1.165, 1.54) is 29.5 Å². The summed E-state index contributed by atoms with van der Waals surface area (Å²) in [6.07, 6.45) is 0. The molecule has 0 aliphatic carbocycles. The molecule has 24 heavy (non-hydrogen) atoms. The van der Waals surface area contributed by atoms with Crippen LogP contribution in [0, 0.1) is 5.82 Å². The number of ether oxygens (including phenoxy) is 1. The van der Waals surface area contributed by atoms with Gasteiger partial charge in [-0.25, -0.2) is 9.37 Å². The summed E-state index contributed by atoms with van der Waals surface area (Å²) < 4.78 is 18.8. The fraction of sp³-hybridized carbons (Fsp3) is 0.0588. The summed E-state index contributed by atoms with van der Waals surface area (Å²) in [6, 6.07) is 13.7. The monoisotopic (exact) mass is 406 g/mol. The van der Waals surface area contributed by atoms with Gasteiger partial charge in [-0.1, -0.05) is 30.3 Å². The van der Waals surface area contributed by atoms with E-state index in [-0.39, 0.29) is 18.3 Å². The Bertz CT molecular complexity index is 855. The van der Waals surface area contributed by atoms with Crippen LogP contribution in [0.5, 0.6) is 5.75 Å². The molecule has 0 saturated heterocycles. The number of nitrogens with zero attached hydrogens (tertiary/aromatic N) is 1. The van der Waals surface area contributed by atoms with Crippen LogP contribution < -0.4 is 10.1 Å². The summed E-state index contributed by atoms with van der Waals surface area (Å²) in [5.74, 6) is -0.314. The Morgan fingerprint density at radius 1 is 1.25 bits per heavy atom. The molecule has 1 amide bonds. The number of benzene rings is 2. The van der Waals surface area contributed by atoms with Crippen LogP contribution in [0.25, 0.3) is 11.3 Å². The Labute approximate surface area is 150 Å². The summed E-state index contributed by atoms with van der Waals surface area (Å²) in [4.78, 5) is 16.3. The zero-order valence-corrected chi connectivity index (χ0v) is 14.7. The molecule has 0 fully saturated rings. The fourth-order valence-electron chi connectivity index (χ4n) is 1.96. The SMILES string of the molecule is O=C(COc1ccc(F)cc1Br)Nc1nc(-c2ccccc2)cs1. The molecule has 3 rings (SSSR count). The number of rotatable bonds is 5. The molecule has 0 unspecified atom stereocenters.